The number of nitrogens with one attached hydrogen (secondary N) is 1. The maximum Gasteiger partial charge on any atom is 0.115 e. The smallest absolute Gasteiger partial charge is 0.115 e. The molecule has 16 heavy (non-hydrogen) atoms. The Bertz CT molecular complexity index is 333. The molecule has 2 N–H and O–H groups in total. The molecular formula is C14H21NO. The molecule has 0 aromatic heterocycles. The van der Waals surface area contributed by atoms with Gasteiger partial charge in [0, 0.05) is 12.6 Å². The van der Waals surface area contributed by atoms with Crippen molar-refractivity contribution in [3.05, 3.63) is 29.8 Å². The Morgan fingerprint density at radius 3 is 2.44 bits per heavy atom. The fraction of sp³-hybridized carbons (Fsp3) is 0.571. The van der Waals surface area contributed by atoms with Crippen molar-refractivity contribution < 1.29 is 5.11 Å². The van der Waals surface area contributed by atoms with Gasteiger partial charge in [0.2, 0.25) is 0 Å². The second kappa shape index (κ2) is 4.88. The average molecular weight is 219 g/mol. The van der Waals surface area contributed by atoms with E-state index in [1.54, 1.807) is 12.1 Å². The first kappa shape index (κ1) is 11.5. The standard InChI is InChI=1S/C14H21NO/c1-10-3-8-14(11(10)2)15-9-12-4-6-13(16)7-5-12/h4-7,10-11,14-16H,3,8-9H2,1-2H3. The van der Waals surface area contributed by atoms with E-state index in [1.807, 2.05) is 12.1 Å². The van der Waals surface area contributed by atoms with Crippen LogP contribution in [0.15, 0.2) is 24.3 Å². The zero-order valence-electron chi connectivity index (χ0n) is 10.1. The molecule has 0 bridgehead atoms. The van der Waals surface area contributed by atoms with Gasteiger partial charge in [-0.1, -0.05) is 26.0 Å². The molecule has 1 aliphatic rings. The Kier molecular flexibility index (Phi) is 3.49. The SMILES string of the molecule is CC1CCC(NCc2ccc(O)cc2)C1C. The molecular weight excluding hydrogens is 198 g/mol. The van der Waals surface area contributed by atoms with Crippen molar-refractivity contribution in [1.82, 2.24) is 5.32 Å². The van der Waals surface area contributed by atoms with Gasteiger partial charge in [-0.15, -0.1) is 0 Å². The zero-order chi connectivity index (χ0) is 11.5. The Morgan fingerprint density at radius 1 is 1.19 bits per heavy atom. The summed E-state index contributed by atoms with van der Waals surface area (Å²) in [6, 6.07) is 8.11. The molecule has 1 aromatic rings. The summed E-state index contributed by atoms with van der Waals surface area (Å²) in [6.45, 7) is 5.58. The third-order valence-electron chi connectivity index (χ3n) is 3.97. The number of phenolic OH excluding ortho intramolecular Hbond substituents is 1. The Hall–Kier alpha value is -1.02. The first-order chi connectivity index (χ1) is 7.66. The summed E-state index contributed by atoms with van der Waals surface area (Å²) >= 11 is 0. The highest BCUT2D eigenvalue weighted by molar-refractivity contribution is 5.25. The summed E-state index contributed by atoms with van der Waals surface area (Å²) in [4.78, 5) is 0. The van der Waals surface area contributed by atoms with E-state index in [0.717, 1.165) is 18.4 Å². The van der Waals surface area contributed by atoms with Gasteiger partial charge in [0.25, 0.3) is 0 Å². The Labute approximate surface area is 97.7 Å². The summed E-state index contributed by atoms with van der Waals surface area (Å²) < 4.78 is 0. The van der Waals surface area contributed by atoms with E-state index in [1.165, 1.54) is 18.4 Å². The van der Waals surface area contributed by atoms with Gasteiger partial charge in [0.15, 0.2) is 0 Å². The molecule has 2 rings (SSSR count). The van der Waals surface area contributed by atoms with Gasteiger partial charge in [-0.2, -0.15) is 0 Å². The van der Waals surface area contributed by atoms with Gasteiger partial charge in [0.05, 0.1) is 0 Å². The number of aromatic hydroxyl groups is 1. The fourth-order valence-corrected chi connectivity index (χ4v) is 2.52. The molecule has 88 valence electrons. The van der Waals surface area contributed by atoms with Crippen LogP contribution >= 0.6 is 0 Å². The summed E-state index contributed by atoms with van der Waals surface area (Å²) in [5, 5.41) is 12.8. The van der Waals surface area contributed by atoms with E-state index < -0.39 is 0 Å². The molecule has 0 heterocycles. The summed E-state index contributed by atoms with van der Waals surface area (Å²) in [6.07, 6.45) is 2.63. The average Bonchev–Trinajstić information content (AvgIpc) is 2.60. The maximum absolute atomic E-state index is 9.19. The van der Waals surface area contributed by atoms with Gasteiger partial charge in [0.1, 0.15) is 5.75 Å². The molecule has 1 fully saturated rings. The van der Waals surface area contributed by atoms with Crippen molar-refractivity contribution in [2.75, 3.05) is 0 Å². The van der Waals surface area contributed by atoms with Crippen molar-refractivity contribution in [2.45, 2.75) is 39.3 Å². The predicted molar refractivity (Wildman–Crippen MR) is 66.3 cm³/mol. The number of hydrogen-bond donors (Lipinski definition) is 2. The lowest BCUT2D eigenvalue weighted by molar-refractivity contribution is 0.370. The van der Waals surface area contributed by atoms with Crippen LogP contribution in [0.3, 0.4) is 0 Å². The molecule has 0 radical (unpaired) electrons. The van der Waals surface area contributed by atoms with Gasteiger partial charge >= 0.3 is 0 Å². The van der Waals surface area contributed by atoms with Gasteiger partial charge in [-0.05, 0) is 42.4 Å². The Morgan fingerprint density at radius 2 is 1.88 bits per heavy atom. The van der Waals surface area contributed by atoms with Crippen LogP contribution in [0.4, 0.5) is 0 Å². The van der Waals surface area contributed by atoms with Crippen LogP contribution in [-0.2, 0) is 6.54 Å². The Balaban J connectivity index is 1.86. The second-order valence-electron chi connectivity index (χ2n) is 5.07. The van der Waals surface area contributed by atoms with Gasteiger partial charge < -0.3 is 10.4 Å². The van der Waals surface area contributed by atoms with Crippen LogP contribution in [0.5, 0.6) is 5.75 Å². The molecule has 1 saturated carbocycles. The highest BCUT2D eigenvalue weighted by Gasteiger charge is 2.28. The van der Waals surface area contributed by atoms with Gasteiger partial charge in [-0.3, -0.25) is 0 Å². The number of rotatable bonds is 3. The summed E-state index contributed by atoms with van der Waals surface area (Å²) in [5.41, 5.74) is 1.24. The quantitative estimate of drug-likeness (QED) is 0.819. The van der Waals surface area contributed by atoms with Crippen LogP contribution < -0.4 is 5.32 Å². The lowest BCUT2D eigenvalue weighted by Crippen LogP contribution is -2.31. The number of hydrogen-bond acceptors (Lipinski definition) is 2. The first-order valence-electron chi connectivity index (χ1n) is 6.18. The largest absolute Gasteiger partial charge is 0.508 e. The topological polar surface area (TPSA) is 32.3 Å². The summed E-state index contributed by atoms with van der Waals surface area (Å²) in [5.74, 6) is 1.96. The lowest BCUT2D eigenvalue weighted by Gasteiger charge is -2.19. The molecule has 2 nitrogen and oxygen atoms in total. The normalized spacial score (nSPS) is 29.5. The van der Waals surface area contributed by atoms with Crippen molar-refractivity contribution >= 4 is 0 Å². The van der Waals surface area contributed by atoms with Crippen molar-refractivity contribution in [3.63, 3.8) is 0 Å². The van der Waals surface area contributed by atoms with Crippen LogP contribution in [0.25, 0.3) is 0 Å². The maximum atomic E-state index is 9.19. The van der Waals surface area contributed by atoms with Crippen molar-refractivity contribution in [2.24, 2.45) is 11.8 Å². The molecule has 1 aromatic carbocycles. The molecule has 3 atom stereocenters. The van der Waals surface area contributed by atoms with Crippen LogP contribution in [0.2, 0.25) is 0 Å². The van der Waals surface area contributed by atoms with E-state index in [-0.39, 0.29) is 0 Å². The van der Waals surface area contributed by atoms with E-state index in [4.69, 9.17) is 0 Å². The van der Waals surface area contributed by atoms with Gasteiger partial charge in [-0.25, -0.2) is 0 Å². The third-order valence-corrected chi connectivity index (χ3v) is 3.97. The van der Waals surface area contributed by atoms with E-state index in [9.17, 15) is 5.11 Å². The van der Waals surface area contributed by atoms with E-state index in [0.29, 0.717) is 11.8 Å². The van der Waals surface area contributed by atoms with Crippen LogP contribution in [0, 0.1) is 11.8 Å². The van der Waals surface area contributed by atoms with Crippen molar-refractivity contribution in [3.8, 4) is 5.75 Å². The molecule has 1 aliphatic carbocycles. The van der Waals surface area contributed by atoms with E-state index >= 15 is 0 Å². The van der Waals surface area contributed by atoms with Crippen LogP contribution in [-0.4, -0.2) is 11.1 Å². The van der Waals surface area contributed by atoms with E-state index in [2.05, 4.69) is 19.2 Å². The first-order valence-corrected chi connectivity index (χ1v) is 6.18. The summed E-state index contributed by atoms with van der Waals surface area (Å²) in [7, 11) is 0. The third kappa shape index (κ3) is 2.56. The zero-order valence-corrected chi connectivity index (χ0v) is 10.1. The molecule has 3 unspecified atom stereocenters. The monoisotopic (exact) mass is 219 g/mol. The predicted octanol–water partition coefficient (Wildman–Crippen LogP) is 2.92. The lowest BCUT2D eigenvalue weighted by atomic mass is 9.98. The minimum Gasteiger partial charge on any atom is -0.508 e. The minimum atomic E-state index is 0.339. The molecule has 0 aliphatic heterocycles. The number of phenols is 1. The molecule has 0 saturated heterocycles. The second-order valence-corrected chi connectivity index (χ2v) is 5.07. The van der Waals surface area contributed by atoms with Crippen LogP contribution in [0.1, 0.15) is 32.3 Å². The highest BCUT2D eigenvalue weighted by Crippen LogP contribution is 2.31. The fourth-order valence-electron chi connectivity index (χ4n) is 2.52. The molecule has 0 spiro atoms. The minimum absolute atomic E-state index is 0.339. The number of benzene rings is 1. The van der Waals surface area contributed by atoms with Crippen molar-refractivity contribution in [1.29, 1.82) is 0 Å². The highest BCUT2D eigenvalue weighted by atomic mass is 16.3. The molecule has 0 amide bonds. The molecule has 2 heteroatoms.